The van der Waals surface area contributed by atoms with Crippen LogP contribution in [0.2, 0.25) is 36.3 Å². The zero-order valence-corrected chi connectivity index (χ0v) is 30.0. The van der Waals surface area contributed by atoms with Crippen LogP contribution >= 0.6 is 0 Å². The van der Waals surface area contributed by atoms with Gasteiger partial charge in [-0.15, -0.1) is 0 Å². The van der Waals surface area contributed by atoms with Crippen molar-refractivity contribution >= 4 is 28.8 Å². The van der Waals surface area contributed by atoms with E-state index in [1.807, 2.05) is 0 Å². The molecule has 2 aliphatic carbocycles. The number of rotatable bonds is 6. The molecule has 0 fully saturated rings. The molecule has 0 unspecified atom stereocenters. The summed E-state index contributed by atoms with van der Waals surface area (Å²) < 4.78 is 17.3. The van der Waals surface area contributed by atoms with Crippen LogP contribution in [0.1, 0.15) is 76.0 Å². The second kappa shape index (κ2) is 11.7. The molecule has 0 aliphatic heterocycles. The van der Waals surface area contributed by atoms with Gasteiger partial charge in [0.2, 0.25) is 0 Å². The Bertz CT molecular complexity index is 1090. The maximum Gasteiger partial charge on any atom is -1.00 e. The quantitative estimate of drug-likeness (QED) is 0.447. The number of hydrogen-bond acceptors (Lipinski definition) is 2. The van der Waals surface area contributed by atoms with Crippen LogP contribution in [0.5, 0.6) is 0 Å². The molecule has 0 bridgehead atoms. The predicted octanol–water partition coefficient (Wildman–Crippen LogP) is 3.31. The zero-order valence-electron chi connectivity index (χ0n) is 24.0. The first-order valence-electron chi connectivity index (χ1n) is 12.8. The Labute approximate surface area is 251 Å². The van der Waals surface area contributed by atoms with Gasteiger partial charge in [0.15, 0.2) is 0 Å². The van der Waals surface area contributed by atoms with Gasteiger partial charge in [0.05, 0.1) is 0 Å². The molecule has 0 spiro atoms. The monoisotopic (exact) mass is 650 g/mol. The zero-order chi connectivity index (χ0) is 25.8. The molecule has 0 saturated heterocycles. The third-order valence-electron chi connectivity index (χ3n) is 8.47. The van der Waals surface area contributed by atoms with Crippen LogP contribution in [0.15, 0.2) is 55.1 Å². The fraction of sp³-hybridized carbons (Fsp3) is 0.467. The standard InChI is InChI=1S/2C15H21OSi.2ClH.Zr/c2*1-15(2,3)17(4,5)16-14-11-10-12-8-6-7-9-13(12)14;;;/h2*6-10,14H,1-5H3;2*1H;/q;;;;+2/p-2/t2*14-;;;/m10.../s1. The van der Waals surface area contributed by atoms with Crippen molar-refractivity contribution in [3.63, 3.8) is 0 Å². The number of fused-ring (bicyclic) bond motifs is 2. The molecule has 37 heavy (non-hydrogen) atoms. The molecular formula is C30H42Cl2O2Si2Zr. The Morgan fingerprint density at radius 3 is 1.24 bits per heavy atom. The maximum absolute atomic E-state index is 7.13. The summed E-state index contributed by atoms with van der Waals surface area (Å²) in [6.45, 7) is 23.5. The van der Waals surface area contributed by atoms with Gasteiger partial charge in [-0.25, -0.2) is 0 Å². The Kier molecular flexibility index (Phi) is 10.4. The van der Waals surface area contributed by atoms with Gasteiger partial charge in [-0.1, -0.05) is 0 Å². The van der Waals surface area contributed by atoms with Crippen molar-refractivity contribution < 1.29 is 56.9 Å². The fourth-order valence-electron chi connectivity index (χ4n) is 4.15. The molecule has 0 aromatic heterocycles. The van der Waals surface area contributed by atoms with E-state index in [2.05, 4.69) is 128 Å². The molecule has 0 saturated carbocycles. The summed E-state index contributed by atoms with van der Waals surface area (Å²) in [4.78, 5) is 0. The van der Waals surface area contributed by atoms with E-state index >= 15 is 0 Å². The molecule has 4 rings (SSSR count). The summed E-state index contributed by atoms with van der Waals surface area (Å²) in [5.74, 6) is 0. The van der Waals surface area contributed by atoms with Gasteiger partial charge >= 0.3 is 228 Å². The average Bonchev–Trinajstić information content (AvgIpc) is 3.24. The van der Waals surface area contributed by atoms with Crippen molar-refractivity contribution in [1.82, 2.24) is 0 Å². The van der Waals surface area contributed by atoms with Gasteiger partial charge in [-0.2, -0.15) is 0 Å². The van der Waals surface area contributed by atoms with Crippen molar-refractivity contribution in [1.29, 1.82) is 0 Å². The van der Waals surface area contributed by atoms with E-state index in [9.17, 15) is 0 Å². The predicted molar refractivity (Wildman–Crippen MR) is 151 cm³/mol. The van der Waals surface area contributed by atoms with E-state index in [-0.39, 0.29) is 47.1 Å². The van der Waals surface area contributed by atoms with Crippen LogP contribution in [0.25, 0.3) is 12.2 Å². The van der Waals surface area contributed by atoms with Gasteiger partial charge in [-0.05, 0) is 0 Å². The first kappa shape index (κ1) is 32.9. The molecule has 7 heteroatoms. The molecular weight excluding hydrogens is 611 g/mol. The van der Waals surface area contributed by atoms with Crippen LogP contribution in [-0.4, -0.2) is 16.6 Å². The first-order chi connectivity index (χ1) is 16.1. The molecule has 0 amide bonds. The van der Waals surface area contributed by atoms with E-state index in [1.54, 1.807) is 0 Å². The minimum Gasteiger partial charge on any atom is -1.00 e. The molecule has 2 aromatic rings. The largest absolute Gasteiger partial charge is 1.00 e. The smallest absolute Gasteiger partial charge is 1.00 e. The van der Waals surface area contributed by atoms with Crippen molar-refractivity contribution in [3.8, 4) is 0 Å². The van der Waals surface area contributed by atoms with Crippen LogP contribution in [-0.2, 0) is 32.1 Å². The summed E-state index contributed by atoms with van der Waals surface area (Å²) >= 11 is -1.14. The third kappa shape index (κ3) is 6.73. The van der Waals surface area contributed by atoms with E-state index in [0.29, 0.717) is 0 Å². The van der Waals surface area contributed by atoms with Crippen molar-refractivity contribution in [2.24, 2.45) is 0 Å². The number of halogens is 2. The van der Waals surface area contributed by atoms with Crippen LogP contribution in [0.3, 0.4) is 0 Å². The normalized spacial score (nSPS) is 19.1. The van der Waals surface area contributed by atoms with Crippen LogP contribution < -0.4 is 24.8 Å². The molecule has 0 radical (unpaired) electrons. The summed E-state index contributed by atoms with van der Waals surface area (Å²) in [6, 6.07) is 17.7. The van der Waals surface area contributed by atoms with Gasteiger partial charge in [0.1, 0.15) is 0 Å². The van der Waals surface area contributed by atoms with Crippen molar-refractivity contribution in [3.05, 3.63) is 77.3 Å². The average molecular weight is 653 g/mol. The molecule has 2 atom stereocenters. The molecule has 200 valence electrons. The number of benzene rings is 2. The molecule has 2 nitrogen and oxygen atoms in total. The summed E-state index contributed by atoms with van der Waals surface area (Å²) in [7, 11) is -3.87. The molecule has 0 heterocycles. The minimum absolute atomic E-state index is 0. The molecule has 2 aliphatic rings. The van der Waals surface area contributed by atoms with Gasteiger partial charge in [0, 0.05) is 0 Å². The first-order valence-corrected chi connectivity index (χ1v) is 21.1. The van der Waals surface area contributed by atoms with Crippen LogP contribution in [0, 0.1) is 0 Å². The van der Waals surface area contributed by atoms with Gasteiger partial charge in [0.25, 0.3) is 0 Å². The van der Waals surface area contributed by atoms with Crippen molar-refractivity contribution in [2.45, 2.75) is 90.0 Å². The van der Waals surface area contributed by atoms with Gasteiger partial charge < -0.3 is 24.8 Å². The van der Waals surface area contributed by atoms with Crippen molar-refractivity contribution in [2.75, 3.05) is 0 Å². The summed E-state index contributed by atoms with van der Waals surface area (Å²) in [5, 5.41) is 0.356. The van der Waals surface area contributed by atoms with Crippen LogP contribution in [0.4, 0.5) is 0 Å². The summed E-state index contributed by atoms with van der Waals surface area (Å²) in [5.41, 5.74) is 5.38. The van der Waals surface area contributed by atoms with Gasteiger partial charge in [-0.3, -0.25) is 0 Å². The second-order valence-corrected chi connectivity index (χ2v) is 26.1. The van der Waals surface area contributed by atoms with E-state index < -0.39 is 39.9 Å². The Hall–Kier alpha value is -0.263. The fourth-order valence-corrected chi connectivity index (χ4v) is 10.8. The Balaban J connectivity index is 0.00000241. The minimum atomic E-state index is -1.94. The Morgan fingerprint density at radius 1 is 0.595 bits per heavy atom. The van der Waals surface area contributed by atoms with E-state index in [0.717, 1.165) is 0 Å². The molecule has 0 N–H and O–H groups in total. The number of hydrogen-bond donors (Lipinski definition) is 0. The Morgan fingerprint density at radius 2 is 0.919 bits per heavy atom. The summed E-state index contributed by atoms with van der Waals surface area (Å²) in [6.07, 6.45) is 5.09. The van der Waals surface area contributed by atoms with E-state index in [1.165, 1.54) is 28.8 Å². The SMILES string of the molecule is CC(C)(C)[Si](C)(C)O[C@@H]1[C]([Zr+2][C]2=Cc3ccccc3[C@H]2O[Si](C)(C)C(C)(C)C)=Cc2ccccc21.[Cl-].[Cl-]. The second-order valence-electron chi connectivity index (χ2n) is 13.1. The van der Waals surface area contributed by atoms with E-state index in [4.69, 9.17) is 8.85 Å². The maximum atomic E-state index is 7.13. The third-order valence-corrected chi connectivity index (χ3v) is 20.8. The topological polar surface area (TPSA) is 18.5 Å². The molecule has 2 aromatic carbocycles.